The van der Waals surface area contributed by atoms with Gasteiger partial charge in [0.1, 0.15) is 5.75 Å². The number of nitrogens with zero attached hydrogens (tertiary/aromatic N) is 2. The van der Waals surface area contributed by atoms with Crippen LogP contribution in [0.2, 0.25) is 0 Å². The third-order valence-corrected chi connectivity index (χ3v) is 3.38. The first kappa shape index (κ1) is 15.0. The van der Waals surface area contributed by atoms with Gasteiger partial charge in [-0.15, -0.1) is 0 Å². The molecule has 0 saturated heterocycles. The van der Waals surface area contributed by atoms with Crippen LogP contribution in [0.25, 0.3) is 0 Å². The number of benzene rings is 1. The molecule has 1 amide bonds. The Labute approximate surface area is 124 Å². The van der Waals surface area contributed by atoms with Crippen molar-refractivity contribution in [2.24, 2.45) is 0 Å². The molecule has 1 aromatic carbocycles. The van der Waals surface area contributed by atoms with E-state index in [-0.39, 0.29) is 24.3 Å². The van der Waals surface area contributed by atoms with E-state index in [1.807, 2.05) is 0 Å². The van der Waals surface area contributed by atoms with E-state index in [1.165, 1.54) is 6.92 Å². The van der Waals surface area contributed by atoms with Gasteiger partial charge in [-0.1, -0.05) is 12.1 Å². The summed E-state index contributed by atoms with van der Waals surface area (Å²) in [4.78, 5) is 25.2. The second-order valence-electron chi connectivity index (χ2n) is 5.10. The second-order valence-corrected chi connectivity index (χ2v) is 5.10. The zero-order chi connectivity index (χ0) is 15.2. The number of amides is 1. The molecule has 0 atom stereocenters. The van der Waals surface area contributed by atoms with Crippen molar-refractivity contribution >= 4 is 11.7 Å². The maximum absolute atomic E-state index is 12.1. The Bertz CT molecular complexity index is 573. The molecule has 0 heterocycles. The molecule has 0 unspecified atom stereocenters. The fourth-order valence-electron chi connectivity index (χ4n) is 2.10. The minimum absolute atomic E-state index is 0.0413. The van der Waals surface area contributed by atoms with Gasteiger partial charge in [-0.25, -0.2) is 0 Å². The molecule has 21 heavy (non-hydrogen) atoms. The summed E-state index contributed by atoms with van der Waals surface area (Å²) in [5, 5.41) is 8.64. The fraction of sp³-hybridized carbons (Fsp3) is 0.438. The second kappa shape index (κ2) is 6.89. The highest BCUT2D eigenvalue weighted by molar-refractivity contribution is 5.94. The minimum Gasteiger partial charge on any atom is -0.484 e. The zero-order valence-electron chi connectivity index (χ0n) is 12.0. The monoisotopic (exact) mass is 286 g/mol. The summed E-state index contributed by atoms with van der Waals surface area (Å²) in [5.41, 5.74) is 0.559. The summed E-state index contributed by atoms with van der Waals surface area (Å²) in [5.74, 6) is 0.355. The summed E-state index contributed by atoms with van der Waals surface area (Å²) in [6.07, 6.45) is 2.33. The van der Waals surface area contributed by atoms with Crippen molar-refractivity contribution in [2.75, 3.05) is 13.2 Å². The van der Waals surface area contributed by atoms with E-state index in [0.29, 0.717) is 24.3 Å². The van der Waals surface area contributed by atoms with Crippen molar-refractivity contribution in [3.05, 3.63) is 29.8 Å². The largest absolute Gasteiger partial charge is 0.484 e. The number of carbonyl (C=O) groups excluding carboxylic acids is 2. The zero-order valence-corrected chi connectivity index (χ0v) is 12.0. The molecule has 0 spiro atoms. The molecule has 1 aromatic rings. The molecule has 1 aliphatic carbocycles. The average Bonchev–Trinajstić information content (AvgIpc) is 3.30. The predicted molar refractivity (Wildman–Crippen MR) is 76.9 cm³/mol. The van der Waals surface area contributed by atoms with Crippen LogP contribution >= 0.6 is 0 Å². The van der Waals surface area contributed by atoms with Crippen molar-refractivity contribution in [2.45, 2.75) is 32.2 Å². The van der Waals surface area contributed by atoms with Gasteiger partial charge in [0.05, 0.1) is 12.5 Å². The van der Waals surface area contributed by atoms with E-state index in [0.717, 1.165) is 12.8 Å². The average molecular weight is 286 g/mol. The number of rotatable bonds is 7. The van der Waals surface area contributed by atoms with Crippen LogP contribution in [0, 0.1) is 11.3 Å². The molecule has 1 fully saturated rings. The van der Waals surface area contributed by atoms with Gasteiger partial charge in [0.2, 0.25) is 0 Å². The highest BCUT2D eigenvalue weighted by atomic mass is 16.5. The van der Waals surface area contributed by atoms with Gasteiger partial charge >= 0.3 is 0 Å². The maximum atomic E-state index is 12.1. The highest BCUT2D eigenvalue weighted by Gasteiger charge is 2.32. The Morgan fingerprint density at radius 2 is 2.19 bits per heavy atom. The van der Waals surface area contributed by atoms with Crippen molar-refractivity contribution < 1.29 is 14.3 Å². The van der Waals surface area contributed by atoms with E-state index in [4.69, 9.17) is 10.00 Å². The molecule has 110 valence electrons. The lowest BCUT2D eigenvalue weighted by Gasteiger charge is -2.21. The lowest BCUT2D eigenvalue weighted by molar-refractivity contribution is -0.133. The van der Waals surface area contributed by atoms with Crippen LogP contribution in [0.3, 0.4) is 0 Å². The predicted octanol–water partition coefficient (Wildman–Crippen LogP) is 2.17. The first-order valence-electron chi connectivity index (χ1n) is 7.02. The molecule has 1 aliphatic rings. The summed E-state index contributed by atoms with van der Waals surface area (Å²) in [6.45, 7) is 1.88. The standard InChI is InChI=1S/C16H18N2O3/c1-12(19)13-4-2-5-15(10-13)21-11-16(20)18(9-3-8-17)14-6-7-14/h2,4-5,10,14H,3,6-7,9,11H2,1H3. The molecule has 0 aromatic heterocycles. The maximum Gasteiger partial charge on any atom is 0.260 e. The van der Waals surface area contributed by atoms with Gasteiger partial charge in [0.25, 0.3) is 5.91 Å². The third-order valence-electron chi connectivity index (χ3n) is 3.38. The Balaban J connectivity index is 1.92. The molecule has 0 N–H and O–H groups in total. The van der Waals surface area contributed by atoms with Crippen molar-refractivity contribution in [1.29, 1.82) is 5.26 Å². The van der Waals surface area contributed by atoms with Gasteiger partial charge in [0, 0.05) is 18.2 Å². The van der Waals surface area contributed by atoms with Crippen LogP contribution in [0.5, 0.6) is 5.75 Å². The summed E-state index contributed by atoms with van der Waals surface area (Å²) in [6, 6.07) is 9.11. The molecular formula is C16H18N2O3. The number of ketones is 1. The van der Waals surface area contributed by atoms with Crippen molar-refractivity contribution in [3.8, 4) is 11.8 Å². The number of hydrogen-bond acceptors (Lipinski definition) is 4. The molecule has 0 aliphatic heterocycles. The molecule has 2 rings (SSSR count). The van der Waals surface area contributed by atoms with Gasteiger partial charge < -0.3 is 9.64 Å². The Kier molecular flexibility index (Phi) is 4.94. The smallest absolute Gasteiger partial charge is 0.260 e. The topological polar surface area (TPSA) is 70.4 Å². The van der Waals surface area contributed by atoms with Crippen LogP contribution in [0.15, 0.2) is 24.3 Å². The fourth-order valence-corrected chi connectivity index (χ4v) is 2.10. The van der Waals surface area contributed by atoms with Crippen molar-refractivity contribution in [1.82, 2.24) is 4.90 Å². The van der Waals surface area contributed by atoms with E-state index in [2.05, 4.69) is 6.07 Å². The van der Waals surface area contributed by atoms with E-state index >= 15 is 0 Å². The lowest BCUT2D eigenvalue weighted by Crippen LogP contribution is -2.37. The molecular weight excluding hydrogens is 268 g/mol. The Morgan fingerprint density at radius 3 is 2.81 bits per heavy atom. The van der Waals surface area contributed by atoms with E-state index in [9.17, 15) is 9.59 Å². The van der Waals surface area contributed by atoms with Crippen LogP contribution in [-0.4, -0.2) is 35.8 Å². The molecule has 1 saturated carbocycles. The van der Waals surface area contributed by atoms with Gasteiger partial charge in [-0.05, 0) is 31.9 Å². The number of nitriles is 1. The SMILES string of the molecule is CC(=O)c1cccc(OCC(=O)N(CCC#N)C2CC2)c1. The summed E-state index contributed by atoms with van der Waals surface area (Å²) >= 11 is 0. The highest BCUT2D eigenvalue weighted by Crippen LogP contribution is 2.27. The van der Waals surface area contributed by atoms with E-state index in [1.54, 1.807) is 29.2 Å². The van der Waals surface area contributed by atoms with Crippen LogP contribution < -0.4 is 4.74 Å². The van der Waals surface area contributed by atoms with Gasteiger partial charge in [-0.3, -0.25) is 9.59 Å². The first-order valence-corrected chi connectivity index (χ1v) is 7.02. The first-order chi connectivity index (χ1) is 10.1. The molecule has 5 nitrogen and oxygen atoms in total. The summed E-state index contributed by atoms with van der Waals surface area (Å²) < 4.78 is 5.47. The number of Topliss-reactive ketones (excluding diaryl/α,β-unsaturated/α-hetero) is 1. The van der Waals surface area contributed by atoms with Crippen LogP contribution in [0.4, 0.5) is 0 Å². The van der Waals surface area contributed by atoms with Crippen molar-refractivity contribution in [3.63, 3.8) is 0 Å². The molecule has 0 radical (unpaired) electrons. The lowest BCUT2D eigenvalue weighted by atomic mass is 10.1. The third kappa shape index (κ3) is 4.32. The van der Waals surface area contributed by atoms with Gasteiger partial charge in [-0.2, -0.15) is 5.26 Å². The Hall–Kier alpha value is -2.35. The summed E-state index contributed by atoms with van der Waals surface area (Å²) in [7, 11) is 0. The number of carbonyl (C=O) groups is 2. The van der Waals surface area contributed by atoms with Gasteiger partial charge in [0.15, 0.2) is 12.4 Å². The minimum atomic E-state index is -0.110. The number of hydrogen-bond donors (Lipinski definition) is 0. The number of ether oxygens (including phenoxy) is 1. The van der Waals surface area contributed by atoms with Crippen LogP contribution in [-0.2, 0) is 4.79 Å². The quantitative estimate of drug-likeness (QED) is 0.720. The van der Waals surface area contributed by atoms with Crippen LogP contribution in [0.1, 0.15) is 36.5 Å². The molecule has 5 heteroatoms. The van der Waals surface area contributed by atoms with E-state index < -0.39 is 0 Å². The Morgan fingerprint density at radius 1 is 1.43 bits per heavy atom. The molecule has 0 bridgehead atoms. The normalized spacial score (nSPS) is 13.3.